The molecule has 0 aliphatic heterocycles. The number of H-pyrrole nitrogens is 1. The average molecular weight is 522 g/mol. The molecule has 0 atom stereocenters. The quantitative estimate of drug-likeness (QED) is 0.311. The second-order valence-corrected chi connectivity index (χ2v) is 9.32. The summed E-state index contributed by atoms with van der Waals surface area (Å²) in [4.78, 5) is 35.5. The number of benzene rings is 2. The van der Waals surface area contributed by atoms with E-state index in [1.165, 1.54) is 0 Å². The van der Waals surface area contributed by atoms with Gasteiger partial charge in [-0.25, -0.2) is 9.78 Å². The van der Waals surface area contributed by atoms with E-state index in [0.717, 1.165) is 26.7 Å². The third kappa shape index (κ3) is 6.51. The molecule has 1 heterocycles. The number of rotatable bonds is 10. The van der Waals surface area contributed by atoms with Crippen LogP contribution < -0.4 is 10.4 Å². The fourth-order valence-corrected chi connectivity index (χ4v) is 3.55. The summed E-state index contributed by atoms with van der Waals surface area (Å²) in [5.74, 6) is 0.0255. The van der Waals surface area contributed by atoms with Crippen LogP contribution in [-0.2, 0) is 11.2 Å². The summed E-state index contributed by atoms with van der Waals surface area (Å²) in [6.07, 6.45) is -2.96. The highest BCUT2D eigenvalue weighted by atomic mass is 35.5. The van der Waals surface area contributed by atoms with Crippen molar-refractivity contribution in [1.29, 1.82) is 0 Å². The Labute approximate surface area is 211 Å². The van der Waals surface area contributed by atoms with Crippen molar-refractivity contribution in [2.75, 3.05) is 6.61 Å². The Morgan fingerprint density at radius 1 is 1.11 bits per heavy atom. The summed E-state index contributed by atoms with van der Waals surface area (Å²) in [6.45, 7) is 4.37. The van der Waals surface area contributed by atoms with Gasteiger partial charge in [0.05, 0.1) is 11.6 Å². The van der Waals surface area contributed by atoms with E-state index in [-0.39, 0.29) is 29.5 Å². The number of nitrogens with zero attached hydrogens (tertiary/aromatic N) is 2. The molecular formula is C26H27ClF3N3O3. The van der Waals surface area contributed by atoms with E-state index in [9.17, 15) is 22.8 Å². The Balaban J connectivity index is 1.87. The first-order valence-corrected chi connectivity index (χ1v) is 11.9. The molecule has 3 rings (SSSR count). The van der Waals surface area contributed by atoms with Gasteiger partial charge in [-0.3, -0.25) is 9.78 Å². The molecule has 3 aromatic rings. The number of ketones is 1. The number of nitrogens with one attached hydrogen (secondary N) is 1. The summed E-state index contributed by atoms with van der Waals surface area (Å²) >= 11 is 6.35. The van der Waals surface area contributed by atoms with Crippen LogP contribution in [-0.4, -0.2) is 33.5 Å². The molecule has 0 bridgehead atoms. The highest BCUT2D eigenvalue weighted by Crippen LogP contribution is 2.39. The Morgan fingerprint density at radius 2 is 1.86 bits per heavy atom. The van der Waals surface area contributed by atoms with Crippen LogP contribution in [0.15, 0.2) is 47.3 Å². The first-order chi connectivity index (χ1) is 16.9. The van der Waals surface area contributed by atoms with Gasteiger partial charge in [0.15, 0.2) is 5.82 Å². The monoisotopic (exact) mass is 521 g/mol. The van der Waals surface area contributed by atoms with Crippen LogP contribution >= 0.6 is 11.6 Å². The van der Waals surface area contributed by atoms with Crippen LogP contribution in [0.5, 0.6) is 5.75 Å². The largest absolute Gasteiger partial charge is 0.494 e. The molecule has 1 aromatic heterocycles. The Kier molecular flexibility index (Phi) is 8.55. The summed E-state index contributed by atoms with van der Waals surface area (Å²) in [5.41, 5.74) is -1.57. The van der Waals surface area contributed by atoms with Gasteiger partial charge in [-0.2, -0.15) is 18.2 Å². The minimum absolute atomic E-state index is 0.0713. The van der Waals surface area contributed by atoms with E-state index in [1.807, 2.05) is 0 Å². The lowest BCUT2D eigenvalue weighted by atomic mass is 9.84. The highest BCUT2D eigenvalue weighted by Gasteiger charge is 2.51. The normalized spacial score (nSPS) is 12.0. The first kappa shape index (κ1) is 27.4. The molecule has 192 valence electrons. The van der Waals surface area contributed by atoms with Crippen LogP contribution in [0.1, 0.15) is 45.6 Å². The highest BCUT2D eigenvalue weighted by molar-refractivity contribution is 6.33. The van der Waals surface area contributed by atoms with Crippen LogP contribution in [0, 0.1) is 5.41 Å². The summed E-state index contributed by atoms with van der Waals surface area (Å²) in [5, 5.41) is 0.276. The van der Waals surface area contributed by atoms with Gasteiger partial charge < -0.3 is 4.74 Å². The van der Waals surface area contributed by atoms with Crippen LogP contribution in [0.2, 0.25) is 5.02 Å². The lowest BCUT2D eigenvalue weighted by Gasteiger charge is -2.26. The number of halogens is 4. The smallest absolute Gasteiger partial charge is 0.400 e. The molecule has 6 nitrogen and oxygen atoms in total. The molecule has 10 heteroatoms. The van der Waals surface area contributed by atoms with Crippen molar-refractivity contribution in [3.63, 3.8) is 0 Å². The lowest BCUT2D eigenvalue weighted by Crippen LogP contribution is -2.39. The standard InChI is InChI=1S/C26H27ClF3N3O3/c1-4-5-13-36-18-8-6-7-17(15-18)22-31-23(33-24(35)32-22)19-14-16(9-11-20(19)27)10-12-21(34)25(2,3)26(28,29)30/h6-9,11,14-15H,4-5,10,12-13H2,1-3H3,(H,31,32,33,35). The molecule has 0 radical (unpaired) electrons. The van der Waals surface area contributed by atoms with Gasteiger partial charge in [0.25, 0.3) is 0 Å². The fourth-order valence-electron chi connectivity index (χ4n) is 3.34. The molecule has 0 fully saturated rings. The number of unbranched alkanes of at least 4 members (excludes halogenated alkanes) is 1. The number of carbonyl (C=O) groups is 1. The molecule has 0 amide bonds. The SMILES string of the molecule is CCCCOc1cccc(-c2nc(-c3cc(CCC(=O)C(C)(C)C(F)(F)F)ccc3Cl)[nH]c(=O)n2)c1. The maximum atomic E-state index is 13.2. The maximum Gasteiger partial charge on any atom is 0.400 e. The third-order valence-corrected chi connectivity index (χ3v) is 6.17. The van der Waals surface area contributed by atoms with Crippen LogP contribution in [0.3, 0.4) is 0 Å². The molecule has 2 aromatic carbocycles. The van der Waals surface area contributed by atoms with Crippen molar-refractivity contribution in [2.45, 2.75) is 52.6 Å². The zero-order valence-corrected chi connectivity index (χ0v) is 21.0. The number of aromatic amines is 1. The molecule has 0 aliphatic rings. The van der Waals surface area contributed by atoms with Crippen molar-refractivity contribution in [3.8, 4) is 28.5 Å². The van der Waals surface area contributed by atoms with Gasteiger partial charge in [-0.1, -0.05) is 43.1 Å². The van der Waals surface area contributed by atoms with Crippen molar-refractivity contribution in [1.82, 2.24) is 15.0 Å². The molecule has 0 spiro atoms. The predicted molar refractivity (Wildman–Crippen MR) is 132 cm³/mol. The number of aromatic nitrogens is 3. The topological polar surface area (TPSA) is 84.9 Å². The van der Waals surface area contributed by atoms with Crippen molar-refractivity contribution in [3.05, 3.63) is 63.5 Å². The molecule has 1 N–H and O–H groups in total. The Morgan fingerprint density at radius 3 is 2.56 bits per heavy atom. The number of ether oxygens (including phenoxy) is 1. The third-order valence-electron chi connectivity index (χ3n) is 5.84. The zero-order chi connectivity index (χ0) is 26.5. The van der Waals surface area contributed by atoms with E-state index in [0.29, 0.717) is 29.0 Å². The fraction of sp³-hybridized carbons (Fsp3) is 0.385. The van der Waals surface area contributed by atoms with Crippen molar-refractivity contribution in [2.24, 2.45) is 5.41 Å². The Bertz CT molecular complexity index is 1290. The van der Waals surface area contributed by atoms with Gasteiger partial charge >= 0.3 is 11.9 Å². The predicted octanol–water partition coefficient (Wildman–Crippen LogP) is 6.42. The molecule has 0 saturated heterocycles. The second kappa shape index (κ2) is 11.2. The zero-order valence-electron chi connectivity index (χ0n) is 20.2. The van der Waals surface area contributed by atoms with E-state index in [4.69, 9.17) is 16.3 Å². The summed E-state index contributed by atoms with van der Waals surface area (Å²) in [7, 11) is 0. The van der Waals surface area contributed by atoms with Crippen LogP contribution in [0.25, 0.3) is 22.8 Å². The summed E-state index contributed by atoms with van der Waals surface area (Å²) in [6, 6.07) is 11.8. The molecule has 0 saturated carbocycles. The second-order valence-electron chi connectivity index (χ2n) is 8.92. The Hall–Kier alpha value is -3.20. The van der Waals surface area contributed by atoms with E-state index in [1.54, 1.807) is 42.5 Å². The molecule has 0 unspecified atom stereocenters. The van der Waals surface area contributed by atoms with Gasteiger partial charge in [0, 0.05) is 17.5 Å². The van der Waals surface area contributed by atoms with Gasteiger partial charge in [-0.15, -0.1) is 0 Å². The minimum Gasteiger partial charge on any atom is -0.494 e. The first-order valence-electron chi connectivity index (χ1n) is 11.5. The number of aryl methyl sites for hydroxylation is 1. The van der Waals surface area contributed by atoms with Gasteiger partial charge in [0.1, 0.15) is 22.8 Å². The lowest BCUT2D eigenvalue weighted by molar-refractivity contribution is -0.210. The number of hydrogen-bond acceptors (Lipinski definition) is 5. The summed E-state index contributed by atoms with van der Waals surface area (Å²) < 4.78 is 45.2. The van der Waals surface area contributed by atoms with E-state index >= 15 is 0 Å². The van der Waals surface area contributed by atoms with Gasteiger partial charge in [0.2, 0.25) is 0 Å². The number of carbonyl (C=O) groups excluding carboxylic acids is 1. The average Bonchev–Trinajstić information content (AvgIpc) is 2.82. The molecule has 36 heavy (non-hydrogen) atoms. The van der Waals surface area contributed by atoms with E-state index in [2.05, 4.69) is 21.9 Å². The van der Waals surface area contributed by atoms with Crippen molar-refractivity contribution >= 4 is 17.4 Å². The number of hydrogen-bond donors (Lipinski definition) is 1. The minimum atomic E-state index is -4.63. The maximum absolute atomic E-state index is 13.2. The number of Topliss-reactive ketones (excluding diaryl/α,β-unsaturated/α-hetero) is 1. The van der Waals surface area contributed by atoms with E-state index < -0.39 is 23.1 Å². The molecular weight excluding hydrogens is 495 g/mol. The van der Waals surface area contributed by atoms with Crippen molar-refractivity contribution < 1.29 is 22.7 Å². The van der Waals surface area contributed by atoms with Gasteiger partial charge in [-0.05, 0) is 56.5 Å². The molecule has 0 aliphatic carbocycles. The number of alkyl halides is 3. The van der Waals surface area contributed by atoms with Crippen LogP contribution in [0.4, 0.5) is 13.2 Å².